The van der Waals surface area contributed by atoms with E-state index in [1.807, 2.05) is 25.1 Å². The van der Waals surface area contributed by atoms with Gasteiger partial charge in [0.15, 0.2) is 0 Å². The van der Waals surface area contributed by atoms with E-state index in [9.17, 15) is 9.90 Å². The Balaban J connectivity index is 1.11. The summed E-state index contributed by atoms with van der Waals surface area (Å²) in [4.78, 5) is 21.2. The zero-order valence-corrected chi connectivity index (χ0v) is 19.9. The SMILES string of the molecule is Cc1nc2cc(OC[C@H](O)CN3CCN(CC(=O)NCC4CCCCC4)CC3)ccc2s1. The van der Waals surface area contributed by atoms with Gasteiger partial charge in [-0.05, 0) is 37.8 Å². The van der Waals surface area contributed by atoms with E-state index >= 15 is 0 Å². The lowest BCUT2D eigenvalue weighted by molar-refractivity contribution is -0.123. The van der Waals surface area contributed by atoms with Crippen LogP contribution in [0.2, 0.25) is 0 Å². The van der Waals surface area contributed by atoms with E-state index in [0.29, 0.717) is 19.0 Å². The molecular formula is C24H36N4O3S. The van der Waals surface area contributed by atoms with E-state index in [4.69, 9.17) is 4.74 Å². The van der Waals surface area contributed by atoms with Crippen molar-refractivity contribution in [3.63, 3.8) is 0 Å². The number of aromatic nitrogens is 1. The molecule has 1 aromatic heterocycles. The Kier molecular flexibility index (Phi) is 8.35. The summed E-state index contributed by atoms with van der Waals surface area (Å²) in [5.41, 5.74) is 0.943. The van der Waals surface area contributed by atoms with Crippen LogP contribution in [0.5, 0.6) is 5.75 Å². The van der Waals surface area contributed by atoms with Crippen molar-refractivity contribution in [1.82, 2.24) is 20.1 Å². The molecular weight excluding hydrogens is 424 g/mol. The van der Waals surface area contributed by atoms with Gasteiger partial charge in [-0.2, -0.15) is 0 Å². The summed E-state index contributed by atoms with van der Waals surface area (Å²) in [5.74, 6) is 1.55. The summed E-state index contributed by atoms with van der Waals surface area (Å²) in [6, 6.07) is 5.89. The molecule has 2 fully saturated rings. The molecule has 4 rings (SSSR count). The molecule has 8 heteroatoms. The van der Waals surface area contributed by atoms with Gasteiger partial charge in [0.1, 0.15) is 18.5 Å². The molecule has 1 aliphatic heterocycles. The molecule has 1 aromatic carbocycles. The Morgan fingerprint density at radius 2 is 1.97 bits per heavy atom. The van der Waals surface area contributed by atoms with Crippen molar-refractivity contribution in [1.29, 1.82) is 0 Å². The van der Waals surface area contributed by atoms with Gasteiger partial charge in [0, 0.05) is 45.3 Å². The maximum absolute atomic E-state index is 12.3. The average molecular weight is 461 g/mol. The summed E-state index contributed by atoms with van der Waals surface area (Å²) < 4.78 is 6.95. The number of aliphatic hydroxyl groups is 1. The fourth-order valence-corrected chi connectivity index (χ4v) is 5.50. The molecule has 176 valence electrons. The quantitative estimate of drug-likeness (QED) is 0.599. The minimum Gasteiger partial charge on any atom is -0.491 e. The van der Waals surface area contributed by atoms with Crippen LogP contribution < -0.4 is 10.1 Å². The number of fused-ring (bicyclic) bond motifs is 1. The van der Waals surface area contributed by atoms with Crippen molar-refractivity contribution in [3.8, 4) is 5.75 Å². The van der Waals surface area contributed by atoms with Crippen LogP contribution in [-0.2, 0) is 4.79 Å². The third-order valence-electron chi connectivity index (χ3n) is 6.52. The summed E-state index contributed by atoms with van der Waals surface area (Å²) >= 11 is 1.67. The van der Waals surface area contributed by atoms with Crippen LogP contribution in [0.25, 0.3) is 10.2 Å². The predicted molar refractivity (Wildman–Crippen MR) is 128 cm³/mol. The number of amides is 1. The second-order valence-electron chi connectivity index (χ2n) is 9.21. The molecule has 0 unspecified atom stereocenters. The Morgan fingerprint density at radius 1 is 1.22 bits per heavy atom. The van der Waals surface area contributed by atoms with Gasteiger partial charge in [0.05, 0.1) is 21.8 Å². The lowest BCUT2D eigenvalue weighted by Gasteiger charge is -2.35. The number of hydrogen-bond acceptors (Lipinski definition) is 7. The molecule has 0 radical (unpaired) electrons. The number of carbonyl (C=O) groups excluding carboxylic acids is 1. The summed E-state index contributed by atoms with van der Waals surface area (Å²) in [5, 5.41) is 14.6. The highest BCUT2D eigenvalue weighted by molar-refractivity contribution is 7.18. The number of ether oxygens (including phenoxy) is 1. The molecule has 1 saturated carbocycles. The fourth-order valence-electron chi connectivity index (χ4n) is 4.69. The lowest BCUT2D eigenvalue weighted by atomic mass is 9.89. The number of aryl methyl sites for hydroxylation is 1. The van der Waals surface area contributed by atoms with Gasteiger partial charge in [-0.3, -0.25) is 14.6 Å². The number of benzene rings is 1. The minimum atomic E-state index is -0.548. The molecule has 0 bridgehead atoms. The number of thiazole rings is 1. The van der Waals surface area contributed by atoms with Crippen molar-refractivity contribution in [3.05, 3.63) is 23.2 Å². The van der Waals surface area contributed by atoms with Crippen molar-refractivity contribution in [2.45, 2.75) is 45.1 Å². The van der Waals surface area contributed by atoms with Crippen LogP contribution in [0, 0.1) is 12.8 Å². The van der Waals surface area contributed by atoms with Crippen molar-refractivity contribution >= 4 is 27.5 Å². The summed E-state index contributed by atoms with van der Waals surface area (Å²) in [6.07, 6.45) is 5.92. The first-order chi connectivity index (χ1) is 15.5. The summed E-state index contributed by atoms with van der Waals surface area (Å²) in [7, 11) is 0. The van der Waals surface area contributed by atoms with Crippen LogP contribution >= 0.6 is 11.3 Å². The monoisotopic (exact) mass is 460 g/mol. The van der Waals surface area contributed by atoms with E-state index < -0.39 is 6.10 Å². The van der Waals surface area contributed by atoms with E-state index in [1.165, 1.54) is 32.1 Å². The van der Waals surface area contributed by atoms with Gasteiger partial charge in [-0.15, -0.1) is 11.3 Å². The van der Waals surface area contributed by atoms with Gasteiger partial charge in [0.2, 0.25) is 5.91 Å². The van der Waals surface area contributed by atoms with E-state index in [-0.39, 0.29) is 12.5 Å². The molecule has 1 atom stereocenters. The third kappa shape index (κ3) is 6.88. The first kappa shape index (κ1) is 23.4. The first-order valence-electron chi connectivity index (χ1n) is 11.9. The molecule has 1 saturated heterocycles. The molecule has 2 aromatic rings. The van der Waals surface area contributed by atoms with Crippen molar-refractivity contribution in [2.24, 2.45) is 5.92 Å². The highest BCUT2D eigenvalue weighted by atomic mass is 32.1. The van der Waals surface area contributed by atoms with Crippen molar-refractivity contribution < 1.29 is 14.6 Å². The molecule has 2 heterocycles. The largest absolute Gasteiger partial charge is 0.491 e. The fraction of sp³-hybridized carbons (Fsp3) is 0.667. The maximum atomic E-state index is 12.3. The van der Waals surface area contributed by atoms with Crippen molar-refractivity contribution in [2.75, 3.05) is 52.4 Å². The Labute approximate surface area is 194 Å². The molecule has 0 spiro atoms. The van der Waals surface area contributed by atoms with Gasteiger partial charge in [0.25, 0.3) is 0 Å². The zero-order chi connectivity index (χ0) is 22.3. The number of nitrogens with one attached hydrogen (secondary N) is 1. The molecule has 2 N–H and O–H groups in total. The van der Waals surface area contributed by atoms with Crippen LogP contribution in [0.1, 0.15) is 37.1 Å². The number of carbonyl (C=O) groups is 1. The smallest absolute Gasteiger partial charge is 0.234 e. The summed E-state index contributed by atoms with van der Waals surface area (Å²) in [6.45, 7) is 7.57. The average Bonchev–Trinajstić information content (AvgIpc) is 3.17. The number of nitrogens with zero attached hydrogens (tertiary/aromatic N) is 3. The highest BCUT2D eigenvalue weighted by Crippen LogP contribution is 2.25. The highest BCUT2D eigenvalue weighted by Gasteiger charge is 2.22. The Hall–Kier alpha value is -1.74. The molecule has 1 amide bonds. The van der Waals surface area contributed by atoms with Gasteiger partial charge in [-0.1, -0.05) is 19.3 Å². The number of rotatable bonds is 9. The van der Waals surface area contributed by atoms with Gasteiger partial charge in [-0.25, -0.2) is 4.98 Å². The Bertz CT molecular complexity index is 875. The zero-order valence-electron chi connectivity index (χ0n) is 19.1. The topological polar surface area (TPSA) is 77.9 Å². The number of β-amino-alcohol motifs (C(OH)–C–C–N with tert-alkyl or cyclic N) is 1. The minimum absolute atomic E-state index is 0.143. The van der Waals surface area contributed by atoms with Crippen LogP contribution in [0.15, 0.2) is 18.2 Å². The van der Waals surface area contributed by atoms with Gasteiger partial charge < -0.3 is 15.2 Å². The molecule has 2 aliphatic rings. The molecule has 32 heavy (non-hydrogen) atoms. The maximum Gasteiger partial charge on any atom is 0.234 e. The number of hydrogen-bond donors (Lipinski definition) is 2. The van der Waals surface area contributed by atoms with Crippen LogP contribution in [0.3, 0.4) is 0 Å². The molecule has 1 aliphatic carbocycles. The van der Waals surface area contributed by atoms with Crippen LogP contribution in [0.4, 0.5) is 0 Å². The lowest BCUT2D eigenvalue weighted by Crippen LogP contribution is -2.51. The Morgan fingerprint density at radius 3 is 2.75 bits per heavy atom. The van der Waals surface area contributed by atoms with Crippen LogP contribution in [-0.4, -0.2) is 84.3 Å². The molecule has 7 nitrogen and oxygen atoms in total. The third-order valence-corrected chi connectivity index (χ3v) is 7.47. The van der Waals surface area contributed by atoms with E-state index in [2.05, 4.69) is 20.1 Å². The predicted octanol–water partition coefficient (Wildman–Crippen LogP) is 2.66. The first-order valence-corrected chi connectivity index (χ1v) is 12.8. The standard InChI is InChI=1S/C24H36N4O3S/c1-18-26-22-13-21(7-8-23(22)32-18)31-17-20(29)15-27-9-11-28(12-10-27)16-24(30)25-14-19-5-3-2-4-6-19/h7-8,13,19-20,29H,2-6,9-12,14-17H2,1H3,(H,25,30)/t20-/m1/s1. The normalized spacial score (nSPS) is 19.8. The van der Waals surface area contributed by atoms with Gasteiger partial charge >= 0.3 is 0 Å². The number of aliphatic hydroxyl groups excluding tert-OH is 1. The van der Waals surface area contributed by atoms with E-state index in [0.717, 1.165) is 53.7 Å². The number of piperazine rings is 1. The van der Waals surface area contributed by atoms with E-state index in [1.54, 1.807) is 11.3 Å². The second-order valence-corrected chi connectivity index (χ2v) is 10.4. The second kappa shape index (κ2) is 11.4.